The molecule has 0 saturated heterocycles. The lowest BCUT2D eigenvalue weighted by Gasteiger charge is -2.08. The zero-order valence-electron chi connectivity index (χ0n) is 7.02. The summed E-state index contributed by atoms with van der Waals surface area (Å²) in [6.45, 7) is 0. The van der Waals surface area contributed by atoms with Crippen molar-refractivity contribution < 1.29 is 25.8 Å². The van der Waals surface area contributed by atoms with Gasteiger partial charge in [0.25, 0.3) is 0 Å². The Balaban J connectivity index is 2.93. The van der Waals surface area contributed by atoms with Crippen LogP contribution in [0.15, 0.2) is 29.2 Å². The minimum Gasteiger partial charge on any atom is -0.376 e. The molecule has 0 aromatic heterocycles. The van der Waals surface area contributed by atoms with Gasteiger partial charge in [-0.15, -0.1) is 12.6 Å². The molecule has 0 radical (unpaired) electrons. The molecule has 0 unspecified atom stereocenters. The standard InChI is InChI=1S/C7H5F3O3S2/c8-7(9,10)15(11,12)13-5-1-3-6(14)4-2-5/h1-4,14H. The highest BCUT2D eigenvalue weighted by Gasteiger charge is 2.48. The predicted molar refractivity (Wildman–Crippen MR) is 49.3 cm³/mol. The first-order chi connectivity index (χ1) is 6.72. The van der Waals surface area contributed by atoms with E-state index in [4.69, 9.17) is 0 Å². The van der Waals surface area contributed by atoms with Gasteiger partial charge < -0.3 is 4.18 Å². The van der Waals surface area contributed by atoms with E-state index >= 15 is 0 Å². The summed E-state index contributed by atoms with van der Waals surface area (Å²) in [5.74, 6) is -0.412. The van der Waals surface area contributed by atoms with Crippen LogP contribution in [0, 0.1) is 0 Å². The van der Waals surface area contributed by atoms with Crippen LogP contribution in [0.25, 0.3) is 0 Å². The Kier molecular flexibility index (Phi) is 3.19. The van der Waals surface area contributed by atoms with Crippen molar-refractivity contribution in [1.29, 1.82) is 0 Å². The Morgan fingerprint density at radius 3 is 2.00 bits per heavy atom. The van der Waals surface area contributed by atoms with Crippen LogP contribution >= 0.6 is 12.6 Å². The Bertz CT molecular complexity index is 436. The van der Waals surface area contributed by atoms with Crippen LogP contribution in [0.2, 0.25) is 0 Å². The summed E-state index contributed by atoms with van der Waals surface area (Å²) >= 11 is 3.87. The van der Waals surface area contributed by atoms with Gasteiger partial charge >= 0.3 is 15.6 Å². The second-order valence-electron chi connectivity index (χ2n) is 2.48. The molecule has 0 spiro atoms. The molecule has 3 nitrogen and oxygen atoms in total. The fourth-order valence-corrected chi connectivity index (χ4v) is 1.28. The van der Waals surface area contributed by atoms with Crippen molar-refractivity contribution >= 4 is 22.7 Å². The fourth-order valence-electron chi connectivity index (χ4n) is 0.676. The number of alkyl halides is 3. The molecule has 84 valence electrons. The van der Waals surface area contributed by atoms with E-state index in [-0.39, 0.29) is 0 Å². The summed E-state index contributed by atoms with van der Waals surface area (Å²) in [6.07, 6.45) is 0. The molecule has 0 bridgehead atoms. The van der Waals surface area contributed by atoms with Gasteiger partial charge in [0, 0.05) is 4.90 Å². The second-order valence-corrected chi connectivity index (χ2v) is 4.53. The van der Waals surface area contributed by atoms with Gasteiger partial charge in [-0.25, -0.2) is 0 Å². The van der Waals surface area contributed by atoms with Crippen molar-refractivity contribution in [3.63, 3.8) is 0 Å². The van der Waals surface area contributed by atoms with Crippen LogP contribution < -0.4 is 4.18 Å². The molecular weight excluding hydrogens is 253 g/mol. The average molecular weight is 258 g/mol. The Morgan fingerprint density at radius 1 is 1.13 bits per heavy atom. The van der Waals surface area contributed by atoms with Crippen LogP contribution in [-0.4, -0.2) is 13.9 Å². The Labute approximate surface area is 89.4 Å². The van der Waals surface area contributed by atoms with Gasteiger partial charge in [-0.3, -0.25) is 0 Å². The SMILES string of the molecule is O=S(=O)(Oc1ccc(S)cc1)C(F)(F)F. The molecule has 1 aromatic rings. The maximum absolute atomic E-state index is 11.9. The van der Waals surface area contributed by atoms with Crippen molar-refractivity contribution in [3.8, 4) is 5.75 Å². The molecule has 0 fully saturated rings. The van der Waals surface area contributed by atoms with Crippen LogP contribution in [0.5, 0.6) is 5.75 Å². The van der Waals surface area contributed by atoms with E-state index in [1.54, 1.807) is 0 Å². The molecule has 15 heavy (non-hydrogen) atoms. The van der Waals surface area contributed by atoms with Crippen LogP contribution in [0.3, 0.4) is 0 Å². The summed E-state index contributed by atoms with van der Waals surface area (Å²) in [7, 11) is -5.59. The molecule has 0 saturated carbocycles. The monoisotopic (exact) mass is 258 g/mol. The van der Waals surface area contributed by atoms with Crippen molar-refractivity contribution in [2.75, 3.05) is 0 Å². The van der Waals surface area contributed by atoms with E-state index < -0.39 is 21.4 Å². The van der Waals surface area contributed by atoms with Gasteiger partial charge in [-0.2, -0.15) is 21.6 Å². The summed E-state index contributed by atoms with van der Waals surface area (Å²) in [5, 5.41) is 0. The van der Waals surface area contributed by atoms with E-state index in [0.29, 0.717) is 4.90 Å². The van der Waals surface area contributed by atoms with Gasteiger partial charge in [0.1, 0.15) is 5.75 Å². The third-order valence-electron chi connectivity index (χ3n) is 1.33. The molecule has 0 aliphatic heterocycles. The van der Waals surface area contributed by atoms with Crippen molar-refractivity contribution in [3.05, 3.63) is 24.3 Å². The average Bonchev–Trinajstić information content (AvgIpc) is 2.06. The summed E-state index contributed by atoms with van der Waals surface area (Å²) in [6, 6.07) is 4.77. The van der Waals surface area contributed by atoms with Crippen molar-refractivity contribution in [1.82, 2.24) is 0 Å². The van der Waals surface area contributed by atoms with Crippen LogP contribution in [0.4, 0.5) is 13.2 Å². The lowest BCUT2D eigenvalue weighted by Crippen LogP contribution is -2.27. The molecule has 0 heterocycles. The largest absolute Gasteiger partial charge is 0.534 e. The molecule has 0 atom stereocenters. The molecule has 0 aliphatic rings. The minimum atomic E-state index is -5.59. The minimum absolute atomic E-state index is 0.412. The molecular formula is C7H5F3O3S2. The molecule has 0 amide bonds. The molecule has 1 rings (SSSR count). The van der Waals surface area contributed by atoms with Crippen LogP contribution in [0.1, 0.15) is 0 Å². The smallest absolute Gasteiger partial charge is 0.376 e. The van der Waals surface area contributed by atoms with E-state index in [9.17, 15) is 21.6 Å². The number of benzene rings is 1. The van der Waals surface area contributed by atoms with Gasteiger partial charge in [0.15, 0.2) is 0 Å². The van der Waals surface area contributed by atoms with Crippen molar-refractivity contribution in [2.24, 2.45) is 0 Å². The number of thiol groups is 1. The first-order valence-electron chi connectivity index (χ1n) is 3.52. The first kappa shape index (κ1) is 12.2. The van der Waals surface area contributed by atoms with E-state index in [2.05, 4.69) is 16.8 Å². The topological polar surface area (TPSA) is 43.4 Å². The highest BCUT2D eigenvalue weighted by Crippen LogP contribution is 2.27. The maximum Gasteiger partial charge on any atom is 0.534 e. The summed E-state index contributed by atoms with van der Waals surface area (Å²) in [5.41, 5.74) is -5.42. The quantitative estimate of drug-likeness (QED) is 0.502. The third-order valence-corrected chi connectivity index (χ3v) is 2.60. The van der Waals surface area contributed by atoms with Gasteiger partial charge in [0.05, 0.1) is 0 Å². The highest BCUT2D eigenvalue weighted by molar-refractivity contribution is 7.88. The lowest BCUT2D eigenvalue weighted by molar-refractivity contribution is -0.0500. The van der Waals surface area contributed by atoms with Crippen molar-refractivity contribution in [2.45, 2.75) is 10.4 Å². The first-order valence-corrected chi connectivity index (χ1v) is 5.38. The number of halogens is 3. The summed E-state index contributed by atoms with van der Waals surface area (Å²) < 4.78 is 60.5. The number of rotatable bonds is 2. The fraction of sp³-hybridized carbons (Fsp3) is 0.143. The zero-order valence-corrected chi connectivity index (χ0v) is 8.73. The second kappa shape index (κ2) is 3.93. The maximum atomic E-state index is 11.9. The Hall–Kier alpha value is -0.890. The molecule has 1 aromatic carbocycles. The van der Waals surface area contributed by atoms with Gasteiger partial charge in [0.2, 0.25) is 0 Å². The Morgan fingerprint density at radius 2 is 1.60 bits per heavy atom. The zero-order chi connectivity index (χ0) is 11.7. The third kappa shape index (κ3) is 3.03. The number of hydrogen-bond donors (Lipinski definition) is 1. The predicted octanol–water partition coefficient (Wildman–Crippen LogP) is 2.20. The molecule has 8 heteroatoms. The van der Waals surface area contributed by atoms with E-state index in [0.717, 1.165) is 12.1 Å². The van der Waals surface area contributed by atoms with E-state index in [1.165, 1.54) is 12.1 Å². The van der Waals surface area contributed by atoms with Gasteiger partial charge in [-0.1, -0.05) is 0 Å². The molecule has 0 N–H and O–H groups in total. The highest BCUT2D eigenvalue weighted by atomic mass is 32.2. The van der Waals surface area contributed by atoms with Crippen LogP contribution in [-0.2, 0) is 10.1 Å². The molecule has 0 aliphatic carbocycles. The van der Waals surface area contributed by atoms with E-state index in [1.807, 2.05) is 0 Å². The lowest BCUT2D eigenvalue weighted by atomic mass is 10.3. The normalized spacial score (nSPS) is 12.5. The number of hydrogen-bond acceptors (Lipinski definition) is 4. The van der Waals surface area contributed by atoms with Gasteiger partial charge in [-0.05, 0) is 24.3 Å². The summed E-state index contributed by atoms with van der Waals surface area (Å²) in [4.78, 5) is 0.478.